The third-order valence-electron chi connectivity index (χ3n) is 3.00. The maximum Gasteiger partial charge on any atom is 0.228 e. The van der Waals surface area contributed by atoms with Gasteiger partial charge in [0.25, 0.3) is 0 Å². The maximum atomic E-state index is 12.3. The fourth-order valence-electron chi connectivity index (χ4n) is 1.98. The van der Waals surface area contributed by atoms with E-state index in [1.165, 1.54) is 0 Å². The Kier molecular flexibility index (Phi) is 3.13. The summed E-state index contributed by atoms with van der Waals surface area (Å²) in [5, 5.41) is 9.62. The summed E-state index contributed by atoms with van der Waals surface area (Å²) in [6.45, 7) is 0. The van der Waals surface area contributed by atoms with Crippen molar-refractivity contribution in [1.29, 1.82) is 5.26 Å². The Labute approximate surface area is 123 Å². The number of furan rings is 1. The molecule has 0 bridgehead atoms. The average Bonchev–Trinajstić information content (AvgIpc) is 2.92. The number of para-hydroxylation sites is 1. The zero-order valence-electron chi connectivity index (χ0n) is 10.3. The highest BCUT2D eigenvalue weighted by Gasteiger charge is 2.15. The van der Waals surface area contributed by atoms with Crippen LogP contribution < -0.4 is 0 Å². The predicted molar refractivity (Wildman–Crippen MR) is 78.5 cm³/mol. The predicted octanol–water partition coefficient (Wildman–Crippen LogP) is 4.30. The molecule has 0 saturated heterocycles. The second-order valence-electron chi connectivity index (χ2n) is 4.29. The third-order valence-corrected chi connectivity index (χ3v) is 3.62. The van der Waals surface area contributed by atoms with Gasteiger partial charge in [0, 0.05) is 10.9 Å². The largest absolute Gasteiger partial charge is 0.451 e. The van der Waals surface area contributed by atoms with Crippen LogP contribution in [0.25, 0.3) is 11.0 Å². The molecule has 3 rings (SSSR count). The van der Waals surface area contributed by atoms with E-state index in [0.29, 0.717) is 16.7 Å². The lowest BCUT2D eigenvalue weighted by Gasteiger charge is -1.97. The monoisotopic (exact) mass is 325 g/mol. The van der Waals surface area contributed by atoms with Crippen molar-refractivity contribution in [3.05, 3.63) is 69.9 Å². The molecule has 1 heterocycles. The summed E-state index contributed by atoms with van der Waals surface area (Å²) in [7, 11) is 0. The number of ketones is 1. The SMILES string of the molecule is N#Cc1ccc(C(=O)c2cc3cccc(Br)c3o2)cc1. The lowest BCUT2D eigenvalue weighted by atomic mass is 10.1. The van der Waals surface area contributed by atoms with E-state index in [4.69, 9.17) is 9.68 Å². The summed E-state index contributed by atoms with van der Waals surface area (Å²) in [5.41, 5.74) is 1.68. The van der Waals surface area contributed by atoms with Gasteiger partial charge in [0.05, 0.1) is 16.1 Å². The van der Waals surface area contributed by atoms with Crippen LogP contribution in [0.1, 0.15) is 21.7 Å². The minimum absolute atomic E-state index is 0.197. The number of fused-ring (bicyclic) bond motifs is 1. The van der Waals surface area contributed by atoms with Crippen molar-refractivity contribution < 1.29 is 9.21 Å². The third kappa shape index (κ3) is 2.13. The summed E-state index contributed by atoms with van der Waals surface area (Å²) >= 11 is 3.39. The van der Waals surface area contributed by atoms with E-state index in [2.05, 4.69) is 15.9 Å². The number of halogens is 1. The van der Waals surface area contributed by atoms with Crippen LogP contribution in [0.3, 0.4) is 0 Å². The van der Waals surface area contributed by atoms with Gasteiger partial charge in [-0.25, -0.2) is 0 Å². The number of nitrogens with zero attached hydrogens (tertiary/aromatic N) is 1. The molecule has 1 aromatic heterocycles. The topological polar surface area (TPSA) is 54.0 Å². The van der Waals surface area contributed by atoms with Crippen LogP contribution in [0.4, 0.5) is 0 Å². The van der Waals surface area contributed by atoms with E-state index < -0.39 is 0 Å². The van der Waals surface area contributed by atoms with Gasteiger partial charge in [0.1, 0.15) is 5.58 Å². The normalized spacial score (nSPS) is 10.4. The first-order valence-corrected chi connectivity index (χ1v) is 6.71. The Hall–Kier alpha value is -2.38. The number of hydrogen-bond donors (Lipinski definition) is 0. The summed E-state index contributed by atoms with van der Waals surface area (Å²) in [5.74, 6) is 0.0918. The standard InChI is InChI=1S/C16H8BrNO2/c17-13-3-1-2-12-8-14(20-16(12)13)15(19)11-6-4-10(9-18)5-7-11/h1-8H. The van der Waals surface area contributed by atoms with Crippen molar-refractivity contribution in [2.45, 2.75) is 0 Å². The molecule has 3 aromatic rings. The second-order valence-corrected chi connectivity index (χ2v) is 5.14. The van der Waals surface area contributed by atoms with Crippen LogP contribution in [0.5, 0.6) is 0 Å². The molecule has 2 aromatic carbocycles. The van der Waals surface area contributed by atoms with Crippen LogP contribution in [0.15, 0.2) is 57.4 Å². The van der Waals surface area contributed by atoms with Gasteiger partial charge in [-0.3, -0.25) is 4.79 Å². The van der Waals surface area contributed by atoms with Crippen molar-refractivity contribution in [3.63, 3.8) is 0 Å². The maximum absolute atomic E-state index is 12.3. The number of rotatable bonds is 2. The molecule has 0 saturated carbocycles. The van der Waals surface area contributed by atoms with E-state index in [0.717, 1.165) is 9.86 Å². The van der Waals surface area contributed by atoms with Gasteiger partial charge in [-0.05, 0) is 52.3 Å². The molecule has 0 fully saturated rings. The Morgan fingerprint density at radius 3 is 2.55 bits per heavy atom. The van der Waals surface area contributed by atoms with Crippen LogP contribution in [-0.2, 0) is 0 Å². The molecule has 0 aliphatic carbocycles. The molecule has 0 unspecified atom stereocenters. The minimum atomic E-state index is -0.197. The van der Waals surface area contributed by atoms with Crippen LogP contribution in [0, 0.1) is 11.3 Å². The Bertz CT molecular complexity index is 841. The average molecular weight is 326 g/mol. The minimum Gasteiger partial charge on any atom is -0.451 e. The fourth-order valence-corrected chi connectivity index (χ4v) is 2.44. The van der Waals surface area contributed by atoms with Gasteiger partial charge < -0.3 is 4.42 Å². The lowest BCUT2D eigenvalue weighted by Crippen LogP contribution is -1.99. The molecule has 4 heteroatoms. The van der Waals surface area contributed by atoms with Gasteiger partial charge in [-0.15, -0.1) is 0 Å². The Morgan fingerprint density at radius 2 is 1.90 bits per heavy atom. The highest BCUT2D eigenvalue weighted by atomic mass is 79.9. The van der Waals surface area contributed by atoms with Crippen LogP contribution >= 0.6 is 15.9 Å². The highest BCUT2D eigenvalue weighted by Crippen LogP contribution is 2.28. The van der Waals surface area contributed by atoms with Gasteiger partial charge in [-0.1, -0.05) is 12.1 Å². The lowest BCUT2D eigenvalue weighted by molar-refractivity contribution is 0.101. The quantitative estimate of drug-likeness (QED) is 0.660. The number of nitriles is 1. The van der Waals surface area contributed by atoms with Crippen molar-refractivity contribution >= 4 is 32.7 Å². The number of carbonyl (C=O) groups is 1. The molecule has 0 radical (unpaired) electrons. The first-order valence-electron chi connectivity index (χ1n) is 5.92. The van der Waals surface area contributed by atoms with Crippen LogP contribution in [-0.4, -0.2) is 5.78 Å². The van der Waals surface area contributed by atoms with E-state index in [-0.39, 0.29) is 11.5 Å². The number of carbonyl (C=O) groups excluding carboxylic acids is 1. The fraction of sp³-hybridized carbons (Fsp3) is 0. The van der Waals surface area contributed by atoms with E-state index in [1.807, 2.05) is 24.3 Å². The summed E-state index contributed by atoms with van der Waals surface area (Å²) < 4.78 is 6.42. The first-order chi connectivity index (χ1) is 9.69. The molecule has 20 heavy (non-hydrogen) atoms. The smallest absolute Gasteiger partial charge is 0.228 e. The highest BCUT2D eigenvalue weighted by molar-refractivity contribution is 9.10. The van der Waals surface area contributed by atoms with Crippen molar-refractivity contribution in [3.8, 4) is 6.07 Å². The van der Waals surface area contributed by atoms with Gasteiger partial charge in [0.2, 0.25) is 5.78 Å². The summed E-state index contributed by atoms with van der Waals surface area (Å²) in [6, 6.07) is 15.9. The van der Waals surface area contributed by atoms with Crippen molar-refractivity contribution in [2.24, 2.45) is 0 Å². The van der Waals surface area contributed by atoms with E-state index in [9.17, 15) is 4.79 Å². The molecule has 3 nitrogen and oxygen atoms in total. The van der Waals surface area contributed by atoms with Crippen molar-refractivity contribution in [1.82, 2.24) is 0 Å². The molecule has 0 aliphatic rings. The van der Waals surface area contributed by atoms with Crippen LogP contribution in [0.2, 0.25) is 0 Å². The second kappa shape index (κ2) is 4.95. The van der Waals surface area contributed by atoms with Gasteiger partial charge in [0.15, 0.2) is 5.76 Å². The zero-order valence-corrected chi connectivity index (χ0v) is 11.8. The van der Waals surface area contributed by atoms with Gasteiger partial charge in [-0.2, -0.15) is 5.26 Å². The molecule has 0 atom stereocenters. The Balaban J connectivity index is 2.03. The molecule has 0 amide bonds. The van der Waals surface area contributed by atoms with Crippen molar-refractivity contribution in [2.75, 3.05) is 0 Å². The molecule has 0 aliphatic heterocycles. The Morgan fingerprint density at radius 1 is 1.15 bits per heavy atom. The van der Waals surface area contributed by atoms with E-state index in [1.54, 1.807) is 30.3 Å². The summed E-state index contributed by atoms with van der Waals surface area (Å²) in [6.07, 6.45) is 0. The van der Waals surface area contributed by atoms with Gasteiger partial charge >= 0.3 is 0 Å². The number of benzene rings is 2. The number of hydrogen-bond acceptors (Lipinski definition) is 3. The first kappa shape index (κ1) is 12.6. The molecule has 0 spiro atoms. The molecule has 0 N–H and O–H groups in total. The van der Waals surface area contributed by atoms with E-state index >= 15 is 0 Å². The molecular weight excluding hydrogens is 318 g/mol. The molecule has 96 valence electrons. The zero-order chi connectivity index (χ0) is 14.1. The summed E-state index contributed by atoms with van der Waals surface area (Å²) in [4.78, 5) is 12.3. The molecular formula is C16H8BrNO2.